The van der Waals surface area contributed by atoms with E-state index in [0.29, 0.717) is 22.8 Å². The van der Waals surface area contributed by atoms with Gasteiger partial charge in [0.1, 0.15) is 11.6 Å². The highest BCUT2D eigenvalue weighted by molar-refractivity contribution is 6.10. The maximum Gasteiger partial charge on any atom is 0.258 e. The van der Waals surface area contributed by atoms with Crippen LogP contribution in [0, 0.1) is 5.41 Å². The summed E-state index contributed by atoms with van der Waals surface area (Å²) in [6.45, 7) is 7.97. The van der Waals surface area contributed by atoms with Crippen molar-refractivity contribution in [3.05, 3.63) is 70.8 Å². The maximum absolute atomic E-state index is 12.3. The van der Waals surface area contributed by atoms with Crippen molar-refractivity contribution in [1.29, 1.82) is 5.41 Å². The van der Waals surface area contributed by atoms with E-state index in [1.54, 1.807) is 6.07 Å². The van der Waals surface area contributed by atoms with Crippen LogP contribution in [0.3, 0.4) is 0 Å². The predicted octanol–water partition coefficient (Wildman–Crippen LogP) is 5.93. The lowest BCUT2D eigenvalue weighted by atomic mass is 10.1. The van der Waals surface area contributed by atoms with E-state index < -0.39 is 0 Å². The summed E-state index contributed by atoms with van der Waals surface area (Å²) >= 11 is 0. The highest BCUT2D eigenvalue weighted by Crippen LogP contribution is 2.26. The second kappa shape index (κ2) is 12.7. The highest BCUT2D eigenvalue weighted by atomic mass is 16.5. The molecule has 7 nitrogen and oxygen atoms in total. The molecule has 1 fully saturated rings. The quantitative estimate of drug-likeness (QED) is 0.199. The van der Waals surface area contributed by atoms with E-state index in [9.17, 15) is 4.79 Å². The lowest BCUT2D eigenvalue weighted by molar-refractivity contribution is -0.123. The molecule has 3 rings (SSSR count). The third-order valence-electron chi connectivity index (χ3n) is 6.21. The fraction of sp³-hybridized carbons (Fsp3) is 0.345. The van der Waals surface area contributed by atoms with Crippen molar-refractivity contribution in [3.8, 4) is 5.75 Å². The van der Waals surface area contributed by atoms with Crippen LogP contribution in [-0.4, -0.2) is 30.6 Å². The van der Waals surface area contributed by atoms with Crippen LogP contribution in [0.2, 0.25) is 0 Å². The molecule has 1 amide bonds. The Morgan fingerprint density at radius 1 is 1.17 bits per heavy atom. The lowest BCUT2D eigenvalue weighted by Gasteiger charge is -2.15. The van der Waals surface area contributed by atoms with Crippen LogP contribution in [0.4, 0.5) is 11.4 Å². The standard InChI is InChI=1S/C29H37N5O2/c1-5-20(4)29(33-24-13-14-26(31)22(15-24)17-30)34-28(19(2)3)21-9-8-12-25(16-21)36-18-27(35)32-23-10-6-7-11-23/h5,8-9,12-17,23,30H,6-7,10-11,18,31H2,1-4H3,(H,32,35)(H,33,34)/b20-5-,30-17?. The van der Waals surface area contributed by atoms with Crippen LogP contribution in [-0.2, 0) is 4.79 Å². The molecule has 5 N–H and O–H groups in total. The number of hydrogen-bond acceptors (Lipinski definition) is 5. The topological polar surface area (TPSA) is 113 Å². The van der Waals surface area contributed by atoms with E-state index in [0.717, 1.165) is 40.9 Å². The predicted molar refractivity (Wildman–Crippen MR) is 150 cm³/mol. The molecular formula is C29H37N5O2. The van der Waals surface area contributed by atoms with Crippen molar-refractivity contribution in [2.45, 2.75) is 59.4 Å². The summed E-state index contributed by atoms with van der Waals surface area (Å²) in [4.78, 5) is 17.3. The third-order valence-corrected chi connectivity index (χ3v) is 6.21. The van der Waals surface area contributed by atoms with Crippen molar-refractivity contribution in [3.63, 3.8) is 0 Å². The molecule has 0 unspecified atom stereocenters. The average Bonchev–Trinajstić information content (AvgIpc) is 3.38. The summed E-state index contributed by atoms with van der Waals surface area (Å²) in [6, 6.07) is 13.4. The number of nitrogen functional groups attached to an aromatic ring is 1. The molecule has 0 aromatic heterocycles. The van der Waals surface area contributed by atoms with Gasteiger partial charge in [-0.1, -0.05) is 36.6 Å². The van der Waals surface area contributed by atoms with Gasteiger partial charge in [-0.05, 0) is 76.4 Å². The van der Waals surface area contributed by atoms with Gasteiger partial charge in [-0.3, -0.25) is 4.79 Å². The minimum atomic E-state index is -0.0873. The number of ether oxygens (including phenoxy) is 1. The smallest absolute Gasteiger partial charge is 0.258 e. The minimum absolute atomic E-state index is 0.00957. The highest BCUT2D eigenvalue weighted by Gasteiger charge is 2.17. The number of nitrogens with zero attached hydrogens (tertiary/aromatic N) is 1. The van der Waals surface area contributed by atoms with Gasteiger partial charge in [0.2, 0.25) is 0 Å². The largest absolute Gasteiger partial charge is 0.484 e. The lowest BCUT2D eigenvalue weighted by Crippen LogP contribution is -2.36. The monoisotopic (exact) mass is 487 g/mol. The Bertz CT molecular complexity index is 1190. The number of rotatable bonds is 9. The first-order chi connectivity index (χ1) is 17.3. The molecule has 190 valence electrons. The number of nitrogens with one attached hydrogen (secondary N) is 3. The summed E-state index contributed by atoms with van der Waals surface area (Å²) in [5, 5.41) is 14.0. The van der Waals surface area contributed by atoms with E-state index in [1.807, 2.05) is 70.2 Å². The van der Waals surface area contributed by atoms with Gasteiger partial charge >= 0.3 is 0 Å². The second-order valence-corrected chi connectivity index (χ2v) is 9.26. The molecule has 0 spiro atoms. The van der Waals surface area contributed by atoms with E-state index in [-0.39, 0.29) is 18.6 Å². The number of benzene rings is 2. The first-order valence-corrected chi connectivity index (χ1v) is 12.4. The van der Waals surface area contributed by atoms with Gasteiger partial charge in [0.05, 0.1) is 5.70 Å². The minimum Gasteiger partial charge on any atom is -0.484 e. The van der Waals surface area contributed by atoms with Gasteiger partial charge < -0.3 is 26.5 Å². The Balaban J connectivity index is 1.82. The van der Waals surface area contributed by atoms with Crippen LogP contribution in [0.25, 0.3) is 5.70 Å². The van der Waals surface area contributed by atoms with Crippen LogP contribution in [0.1, 0.15) is 64.5 Å². The van der Waals surface area contributed by atoms with E-state index in [4.69, 9.17) is 20.9 Å². The van der Waals surface area contributed by atoms with Gasteiger partial charge in [-0.2, -0.15) is 0 Å². The summed E-state index contributed by atoms with van der Waals surface area (Å²) < 4.78 is 5.81. The number of amides is 1. The van der Waals surface area contributed by atoms with Gasteiger partial charge in [0.25, 0.3) is 5.91 Å². The Kier molecular flexibility index (Phi) is 9.45. The van der Waals surface area contributed by atoms with Crippen LogP contribution >= 0.6 is 0 Å². The van der Waals surface area contributed by atoms with Crippen LogP contribution in [0.5, 0.6) is 5.75 Å². The Hall–Kier alpha value is -3.87. The summed E-state index contributed by atoms with van der Waals surface area (Å²) in [7, 11) is 0. The van der Waals surface area contributed by atoms with Gasteiger partial charge in [-0.25, -0.2) is 4.99 Å². The van der Waals surface area contributed by atoms with E-state index >= 15 is 0 Å². The Morgan fingerprint density at radius 2 is 1.92 bits per heavy atom. The normalized spacial score (nSPS) is 14.3. The number of aliphatic imine (C=N–C) groups is 1. The van der Waals surface area contributed by atoms with Crippen molar-refractivity contribution >= 4 is 35.0 Å². The zero-order valence-electron chi connectivity index (χ0n) is 21.7. The Morgan fingerprint density at radius 3 is 2.58 bits per heavy atom. The number of anilines is 2. The fourth-order valence-electron chi connectivity index (χ4n) is 4.06. The Labute approximate surface area is 214 Å². The third kappa shape index (κ3) is 7.31. The van der Waals surface area contributed by atoms with Gasteiger partial charge in [-0.15, -0.1) is 0 Å². The molecule has 0 atom stereocenters. The van der Waals surface area contributed by atoms with E-state index in [1.165, 1.54) is 19.1 Å². The zero-order chi connectivity index (χ0) is 26.1. The van der Waals surface area contributed by atoms with Crippen molar-refractivity contribution in [2.24, 2.45) is 4.99 Å². The van der Waals surface area contributed by atoms with Crippen molar-refractivity contribution in [1.82, 2.24) is 5.32 Å². The second-order valence-electron chi connectivity index (χ2n) is 9.26. The van der Waals surface area contributed by atoms with Gasteiger partial charge in [0, 0.05) is 34.8 Å². The number of amidine groups is 1. The summed E-state index contributed by atoms with van der Waals surface area (Å²) in [6.07, 6.45) is 7.66. The molecular weight excluding hydrogens is 450 g/mol. The number of nitrogens with two attached hydrogens (primary N) is 1. The van der Waals surface area contributed by atoms with E-state index in [2.05, 4.69) is 10.6 Å². The average molecular weight is 488 g/mol. The SMILES string of the molecule is C/C=C(C)\C(=N/C(=C(C)C)c1cccc(OCC(=O)NC2CCCC2)c1)Nc1ccc(N)c(C=N)c1. The summed E-state index contributed by atoms with van der Waals surface area (Å²) in [5.41, 5.74) is 11.6. The first-order valence-electron chi connectivity index (χ1n) is 12.4. The number of carbonyl (C=O) groups is 1. The molecule has 0 heterocycles. The van der Waals surface area contributed by atoms with Crippen LogP contribution < -0.4 is 21.1 Å². The molecule has 1 aliphatic carbocycles. The number of allylic oxidation sites excluding steroid dienone is 2. The molecule has 7 heteroatoms. The van der Waals surface area contributed by atoms with Crippen molar-refractivity contribution < 1.29 is 9.53 Å². The molecule has 36 heavy (non-hydrogen) atoms. The summed E-state index contributed by atoms with van der Waals surface area (Å²) in [5.74, 6) is 1.22. The first kappa shape index (κ1) is 26.7. The van der Waals surface area contributed by atoms with Gasteiger partial charge in [0.15, 0.2) is 6.61 Å². The molecule has 0 bridgehead atoms. The number of carbonyl (C=O) groups excluding carboxylic acids is 1. The molecule has 0 radical (unpaired) electrons. The molecule has 1 saturated carbocycles. The van der Waals surface area contributed by atoms with Crippen molar-refractivity contribution in [2.75, 3.05) is 17.7 Å². The van der Waals surface area contributed by atoms with Crippen LogP contribution in [0.15, 0.2) is 64.7 Å². The molecule has 0 saturated heterocycles. The molecule has 1 aliphatic rings. The number of hydrogen-bond donors (Lipinski definition) is 4. The molecule has 2 aromatic rings. The fourth-order valence-corrected chi connectivity index (χ4v) is 4.06. The molecule has 0 aliphatic heterocycles. The molecule has 2 aromatic carbocycles. The zero-order valence-corrected chi connectivity index (χ0v) is 21.7. The maximum atomic E-state index is 12.3.